The van der Waals surface area contributed by atoms with E-state index in [4.69, 9.17) is 26.0 Å². The molecule has 7 nitrogen and oxygen atoms in total. The molecule has 0 saturated carbocycles. The van der Waals surface area contributed by atoms with Crippen LogP contribution in [0.3, 0.4) is 0 Å². The summed E-state index contributed by atoms with van der Waals surface area (Å²) in [6, 6.07) is 0. The fourth-order valence-corrected chi connectivity index (χ4v) is 0.863. The van der Waals surface area contributed by atoms with Crippen molar-refractivity contribution in [3.05, 3.63) is 0 Å². The molecule has 0 spiro atoms. The minimum Gasteiger partial charge on any atom is -0.476 e. The number of hydrogen-bond donors (Lipinski definition) is 3. The molecule has 1 heterocycles. The summed E-state index contributed by atoms with van der Waals surface area (Å²) in [5.41, 5.74) is 11.1. The van der Waals surface area contributed by atoms with Crippen molar-refractivity contribution < 1.29 is 14.6 Å². The number of hydrogen-bond acceptors (Lipinski definition) is 7. The van der Waals surface area contributed by atoms with E-state index in [1.54, 1.807) is 6.92 Å². The zero-order valence-corrected chi connectivity index (χ0v) is 7.73. The van der Waals surface area contributed by atoms with Gasteiger partial charge in [-0.3, -0.25) is 0 Å². The van der Waals surface area contributed by atoms with Crippen molar-refractivity contribution in [3.8, 4) is 11.8 Å². The Hall–Kier alpha value is -1.76. The average molecular weight is 200 g/mol. The highest BCUT2D eigenvalue weighted by atomic mass is 16.6. The SMILES string of the molecule is CCOc1nc(N)nc(OCO)c1N. The van der Waals surface area contributed by atoms with Crippen molar-refractivity contribution in [3.63, 3.8) is 0 Å². The predicted octanol–water partition coefficient (Wildman–Crippen LogP) is -0.632. The van der Waals surface area contributed by atoms with E-state index in [9.17, 15) is 0 Å². The highest BCUT2D eigenvalue weighted by Crippen LogP contribution is 2.28. The van der Waals surface area contributed by atoms with Gasteiger partial charge in [-0.25, -0.2) is 0 Å². The van der Waals surface area contributed by atoms with Gasteiger partial charge in [-0.2, -0.15) is 9.97 Å². The summed E-state index contributed by atoms with van der Waals surface area (Å²) in [5, 5.41) is 8.54. The van der Waals surface area contributed by atoms with Gasteiger partial charge in [-0.1, -0.05) is 0 Å². The Morgan fingerprint density at radius 3 is 2.29 bits per heavy atom. The maximum atomic E-state index is 8.54. The fourth-order valence-electron chi connectivity index (χ4n) is 0.863. The first-order valence-electron chi connectivity index (χ1n) is 3.98. The molecule has 0 fully saturated rings. The summed E-state index contributed by atoms with van der Waals surface area (Å²) in [6.07, 6.45) is 0. The van der Waals surface area contributed by atoms with Gasteiger partial charge in [0, 0.05) is 0 Å². The van der Waals surface area contributed by atoms with Gasteiger partial charge in [0.25, 0.3) is 0 Å². The molecule has 0 aliphatic carbocycles. The first-order chi connectivity index (χ1) is 6.69. The molecule has 1 rings (SSSR count). The van der Waals surface area contributed by atoms with Crippen LogP contribution in [0.15, 0.2) is 0 Å². The Morgan fingerprint density at radius 1 is 1.21 bits per heavy atom. The van der Waals surface area contributed by atoms with Crippen LogP contribution in [0.2, 0.25) is 0 Å². The molecule has 1 aromatic rings. The second-order valence-corrected chi connectivity index (χ2v) is 2.31. The van der Waals surface area contributed by atoms with Crippen LogP contribution in [-0.2, 0) is 0 Å². The Bertz CT molecular complexity index is 291. The van der Waals surface area contributed by atoms with Crippen molar-refractivity contribution in [2.45, 2.75) is 6.92 Å². The fraction of sp³-hybridized carbons (Fsp3) is 0.429. The molecule has 0 unspecified atom stereocenters. The molecular formula is C7H12N4O3. The van der Waals surface area contributed by atoms with E-state index in [1.807, 2.05) is 0 Å². The molecule has 0 radical (unpaired) electrons. The largest absolute Gasteiger partial charge is 0.476 e. The van der Waals surface area contributed by atoms with E-state index in [0.29, 0.717) is 6.61 Å². The lowest BCUT2D eigenvalue weighted by Crippen LogP contribution is -2.08. The number of rotatable bonds is 4. The predicted molar refractivity (Wildman–Crippen MR) is 49.7 cm³/mol. The van der Waals surface area contributed by atoms with Gasteiger partial charge < -0.3 is 26.0 Å². The maximum Gasteiger partial charge on any atom is 0.248 e. The van der Waals surface area contributed by atoms with Crippen molar-refractivity contribution in [2.24, 2.45) is 0 Å². The zero-order chi connectivity index (χ0) is 10.6. The van der Waals surface area contributed by atoms with Gasteiger partial charge in [0.15, 0.2) is 12.5 Å². The number of aromatic nitrogens is 2. The van der Waals surface area contributed by atoms with E-state index >= 15 is 0 Å². The topological polar surface area (TPSA) is 117 Å². The normalized spacial score (nSPS) is 9.86. The smallest absolute Gasteiger partial charge is 0.248 e. The molecule has 1 aromatic heterocycles. The molecule has 0 amide bonds. The molecule has 0 aliphatic heterocycles. The summed E-state index contributed by atoms with van der Waals surface area (Å²) in [5.74, 6) is 0.151. The molecule has 0 bridgehead atoms. The van der Waals surface area contributed by atoms with Crippen molar-refractivity contribution >= 4 is 11.6 Å². The van der Waals surface area contributed by atoms with Gasteiger partial charge in [0.05, 0.1) is 6.61 Å². The molecule has 0 atom stereocenters. The van der Waals surface area contributed by atoms with Gasteiger partial charge >= 0.3 is 0 Å². The number of nitrogen functional groups attached to an aromatic ring is 2. The first kappa shape index (κ1) is 10.3. The number of aliphatic hydroxyl groups is 1. The molecule has 0 aliphatic rings. The summed E-state index contributed by atoms with van der Waals surface area (Å²) >= 11 is 0. The molecule has 7 heteroatoms. The monoisotopic (exact) mass is 200 g/mol. The van der Waals surface area contributed by atoms with E-state index in [2.05, 4.69) is 9.97 Å². The van der Waals surface area contributed by atoms with Crippen LogP contribution in [0, 0.1) is 0 Å². The van der Waals surface area contributed by atoms with Crippen LogP contribution in [-0.4, -0.2) is 28.5 Å². The van der Waals surface area contributed by atoms with E-state index < -0.39 is 6.79 Å². The average Bonchev–Trinajstić information content (AvgIpc) is 2.14. The van der Waals surface area contributed by atoms with Crippen LogP contribution in [0.5, 0.6) is 11.8 Å². The van der Waals surface area contributed by atoms with Gasteiger partial charge in [0.2, 0.25) is 17.7 Å². The molecule has 0 saturated heterocycles. The van der Waals surface area contributed by atoms with Gasteiger partial charge in [-0.15, -0.1) is 0 Å². The molecule has 0 aromatic carbocycles. The molecular weight excluding hydrogens is 188 g/mol. The minimum absolute atomic E-state index is 0.0171. The Morgan fingerprint density at radius 2 is 1.79 bits per heavy atom. The van der Waals surface area contributed by atoms with Crippen LogP contribution in [0.1, 0.15) is 6.92 Å². The lowest BCUT2D eigenvalue weighted by Gasteiger charge is -2.09. The van der Waals surface area contributed by atoms with Crippen molar-refractivity contribution in [2.75, 3.05) is 24.9 Å². The lowest BCUT2D eigenvalue weighted by molar-refractivity contribution is 0.0946. The third-order valence-corrected chi connectivity index (χ3v) is 1.38. The van der Waals surface area contributed by atoms with Crippen molar-refractivity contribution in [1.82, 2.24) is 9.97 Å². The van der Waals surface area contributed by atoms with Crippen molar-refractivity contribution in [1.29, 1.82) is 0 Å². The summed E-state index contributed by atoms with van der Waals surface area (Å²) < 4.78 is 9.81. The quantitative estimate of drug-likeness (QED) is 0.554. The number of nitrogens with two attached hydrogens (primary N) is 2. The molecule has 5 N–H and O–H groups in total. The lowest BCUT2D eigenvalue weighted by atomic mass is 10.5. The van der Waals surface area contributed by atoms with Crippen LogP contribution >= 0.6 is 0 Å². The van der Waals surface area contributed by atoms with E-state index in [0.717, 1.165) is 0 Å². The van der Waals surface area contributed by atoms with Crippen LogP contribution in [0.4, 0.5) is 11.6 Å². The third kappa shape index (κ3) is 2.13. The number of aliphatic hydroxyl groups excluding tert-OH is 1. The highest BCUT2D eigenvalue weighted by molar-refractivity contribution is 5.58. The summed E-state index contributed by atoms with van der Waals surface area (Å²) in [4.78, 5) is 7.45. The second-order valence-electron chi connectivity index (χ2n) is 2.31. The number of ether oxygens (including phenoxy) is 2. The van der Waals surface area contributed by atoms with Crippen LogP contribution in [0.25, 0.3) is 0 Å². The first-order valence-corrected chi connectivity index (χ1v) is 3.98. The second kappa shape index (κ2) is 4.47. The molecule has 78 valence electrons. The Kier molecular flexibility index (Phi) is 3.29. The van der Waals surface area contributed by atoms with Gasteiger partial charge in [0.1, 0.15) is 0 Å². The Labute approximate surface area is 80.7 Å². The third-order valence-electron chi connectivity index (χ3n) is 1.38. The highest BCUT2D eigenvalue weighted by Gasteiger charge is 2.12. The van der Waals surface area contributed by atoms with E-state index in [-0.39, 0.29) is 23.4 Å². The summed E-state index contributed by atoms with van der Waals surface area (Å²) in [7, 11) is 0. The Balaban J connectivity index is 3.04. The maximum absolute atomic E-state index is 8.54. The zero-order valence-electron chi connectivity index (χ0n) is 7.73. The van der Waals surface area contributed by atoms with E-state index in [1.165, 1.54) is 0 Å². The standard InChI is InChI=1S/C7H12N4O3/c1-2-13-5-4(8)6(14-3-12)11-7(9)10-5/h12H,2-3,8H2,1H3,(H2,9,10,11). The van der Waals surface area contributed by atoms with Crippen LogP contribution < -0.4 is 20.9 Å². The number of nitrogens with zero attached hydrogens (tertiary/aromatic N) is 2. The van der Waals surface area contributed by atoms with Gasteiger partial charge in [-0.05, 0) is 6.92 Å². The number of anilines is 2. The summed E-state index contributed by atoms with van der Waals surface area (Å²) in [6.45, 7) is 1.65. The minimum atomic E-state index is -0.535. The molecule has 14 heavy (non-hydrogen) atoms.